The summed E-state index contributed by atoms with van der Waals surface area (Å²) in [6.45, 7) is 13.5. The molecule has 1 N–H and O–H groups in total. The molecular formula is C16H26InOS. The van der Waals surface area contributed by atoms with Gasteiger partial charge in [-0.25, -0.2) is 0 Å². The van der Waals surface area contributed by atoms with E-state index in [4.69, 9.17) is 0 Å². The topological polar surface area (TPSA) is 20.2 Å². The number of rotatable bonds is 4. The molecule has 0 aliphatic carbocycles. The summed E-state index contributed by atoms with van der Waals surface area (Å²) in [6, 6.07) is 4.34. The molecular weight excluding hydrogens is 355 g/mol. The summed E-state index contributed by atoms with van der Waals surface area (Å²) in [5, 5.41) is 10.5. The van der Waals surface area contributed by atoms with Crippen LogP contribution in [0.2, 0.25) is 4.18 Å². The van der Waals surface area contributed by atoms with Crippen LogP contribution in [0.4, 0.5) is 0 Å². The van der Waals surface area contributed by atoms with E-state index in [-0.39, 0.29) is 8.59 Å². The molecule has 0 aliphatic heterocycles. The van der Waals surface area contributed by atoms with Crippen molar-refractivity contribution >= 4 is 35.5 Å². The van der Waals surface area contributed by atoms with Gasteiger partial charge in [-0.05, 0) is 0 Å². The summed E-state index contributed by atoms with van der Waals surface area (Å²) < 4.78 is 1.49. The molecule has 0 unspecified atom stereocenters. The summed E-state index contributed by atoms with van der Waals surface area (Å²) in [6.07, 6.45) is 0. The molecule has 0 spiro atoms. The molecule has 0 fully saturated rings. The Labute approximate surface area is 135 Å². The van der Waals surface area contributed by atoms with Crippen LogP contribution in [-0.4, -0.2) is 28.0 Å². The minimum atomic E-state index is -0.720. The van der Waals surface area contributed by atoms with E-state index in [2.05, 4.69) is 66.3 Å². The third-order valence-corrected chi connectivity index (χ3v) is 8.94. The van der Waals surface area contributed by atoms with Gasteiger partial charge in [0.2, 0.25) is 0 Å². The Bertz CT molecular complexity index is 447. The quantitative estimate of drug-likeness (QED) is 0.736. The zero-order valence-electron chi connectivity index (χ0n) is 13.0. The van der Waals surface area contributed by atoms with Gasteiger partial charge in [0.25, 0.3) is 0 Å². The standard InChI is InChI=1S/C14H21OS.C2H5.In/c1-9(2)12-7-11(14(3,4)5)6-10(8-16)13(12)15;1-2;/h6-7,15-16H,8H2,1-5H3;1H2,2H3;. The Morgan fingerprint density at radius 2 is 1.74 bits per heavy atom. The first kappa shape index (κ1) is 17.3. The summed E-state index contributed by atoms with van der Waals surface area (Å²) in [5.41, 5.74) is 3.52. The number of hydrogen-bond donors (Lipinski definition) is 2. The van der Waals surface area contributed by atoms with Crippen LogP contribution in [0.1, 0.15) is 58.2 Å². The van der Waals surface area contributed by atoms with Gasteiger partial charge < -0.3 is 0 Å². The second kappa shape index (κ2) is 6.34. The van der Waals surface area contributed by atoms with Crippen molar-refractivity contribution in [3.63, 3.8) is 0 Å². The van der Waals surface area contributed by atoms with Crippen LogP contribution in [0.15, 0.2) is 12.1 Å². The van der Waals surface area contributed by atoms with Crippen LogP contribution in [0, 0.1) is 0 Å². The fraction of sp³-hybridized carbons (Fsp3) is 0.625. The van der Waals surface area contributed by atoms with Crippen molar-refractivity contribution in [2.75, 3.05) is 0 Å². The van der Waals surface area contributed by atoms with E-state index >= 15 is 0 Å². The number of benzene rings is 1. The summed E-state index contributed by atoms with van der Waals surface area (Å²) in [5.74, 6) is 1.07. The molecule has 0 amide bonds. The maximum atomic E-state index is 10.5. The summed E-state index contributed by atoms with van der Waals surface area (Å²) in [4.78, 5) is 0. The van der Waals surface area contributed by atoms with E-state index in [9.17, 15) is 5.11 Å². The molecule has 1 nitrogen and oxygen atoms in total. The monoisotopic (exact) mass is 381 g/mol. The number of phenolic OH excluding ortho intramolecular Hbond substituents is 1. The van der Waals surface area contributed by atoms with Gasteiger partial charge in [0.15, 0.2) is 0 Å². The molecule has 0 saturated carbocycles. The third kappa shape index (κ3) is 4.10. The number of phenols is 1. The van der Waals surface area contributed by atoms with Gasteiger partial charge in [-0.2, -0.15) is 0 Å². The Kier molecular flexibility index (Phi) is 5.77. The number of aromatic hydroxyl groups is 1. The number of hydrogen-bond acceptors (Lipinski definition) is 2. The van der Waals surface area contributed by atoms with Crippen molar-refractivity contribution < 1.29 is 5.11 Å². The van der Waals surface area contributed by atoms with Gasteiger partial charge in [-0.1, -0.05) is 0 Å². The molecule has 3 heteroatoms. The SMILES string of the molecule is C[CH2][In][C](C)(C)c1cc(C(C)(C)C)cc(CS)c1O. The summed E-state index contributed by atoms with van der Waals surface area (Å²) in [7, 11) is 0. The third-order valence-electron chi connectivity index (χ3n) is 3.63. The van der Waals surface area contributed by atoms with E-state index in [1.54, 1.807) is 0 Å². The van der Waals surface area contributed by atoms with Crippen molar-refractivity contribution in [3.8, 4) is 5.75 Å². The van der Waals surface area contributed by atoms with Gasteiger partial charge in [0.1, 0.15) is 0 Å². The fourth-order valence-electron chi connectivity index (χ4n) is 2.36. The molecule has 1 aromatic rings. The number of thiol groups is 1. The molecule has 1 radical (unpaired) electrons. The Morgan fingerprint density at radius 1 is 1.16 bits per heavy atom. The zero-order valence-corrected chi connectivity index (χ0v) is 17.2. The molecule has 0 aromatic heterocycles. The zero-order chi connectivity index (χ0) is 14.8. The Morgan fingerprint density at radius 3 is 2.16 bits per heavy atom. The van der Waals surface area contributed by atoms with E-state index in [0.717, 1.165) is 11.1 Å². The minimum absolute atomic E-state index is 0.107. The van der Waals surface area contributed by atoms with Crippen molar-refractivity contribution in [3.05, 3.63) is 28.8 Å². The van der Waals surface area contributed by atoms with Gasteiger partial charge in [-0.15, -0.1) is 0 Å². The van der Waals surface area contributed by atoms with Gasteiger partial charge in [0, 0.05) is 0 Å². The second-order valence-corrected chi connectivity index (χ2v) is 14.7. The molecule has 0 atom stereocenters. The van der Waals surface area contributed by atoms with Crippen LogP contribution in [-0.2, 0) is 14.3 Å². The molecule has 0 heterocycles. The molecule has 0 aliphatic rings. The van der Waals surface area contributed by atoms with Crippen LogP contribution in [0.3, 0.4) is 0 Å². The molecule has 1 aromatic carbocycles. The first-order chi connectivity index (χ1) is 8.63. The molecule has 0 saturated heterocycles. The molecule has 19 heavy (non-hydrogen) atoms. The van der Waals surface area contributed by atoms with E-state index < -0.39 is 22.9 Å². The van der Waals surface area contributed by atoms with Crippen molar-refractivity contribution in [2.45, 2.75) is 60.1 Å². The normalized spacial score (nSPS) is 12.6. The van der Waals surface area contributed by atoms with Crippen LogP contribution in [0.5, 0.6) is 5.75 Å². The second-order valence-electron chi connectivity index (χ2n) is 6.77. The molecule has 1 rings (SSSR count). The molecule has 105 valence electrons. The first-order valence-corrected chi connectivity index (χ1v) is 11.6. The Balaban J connectivity index is 3.46. The maximum absolute atomic E-state index is 10.5. The van der Waals surface area contributed by atoms with Gasteiger partial charge in [0.05, 0.1) is 0 Å². The van der Waals surface area contributed by atoms with Crippen molar-refractivity contribution in [1.82, 2.24) is 0 Å². The van der Waals surface area contributed by atoms with Gasteiger partial charge in [-0.3, -0.25) is 0 Å². The van der Waals surface area contributed by atoms with E-state index in [1.807, 2.05) is 0 Å². The predicted molar refractivity (Wildman–Crippen MR) is 88.8 cm³/mol. The Hall–Kier alpha value is 0.240. The van der Waals surface area contributed by atoms with Gasteiger partial charge >= 0.3 is 135 Å². The first-order valence-electron chi connectivity index (χ1n) is 6.95. The average Bonchev–Trinajstić information content (AvgIpc) is 2.27. The van der Waals surface area contributed by atoms with Crippen molar-refractivity contribution in [2.24, 2.45) is 0 Å². The van der Waals surface area contributed by atoms with Crippen LogP contribution in [0.25, 0.3) is 0 Å². The average molecular weight is 381 g/mol. The summed E-state index contributed by atoms with van der Waals surface area (Å²) >= 11 is 3.65. The van der Waals surface area contributed by atoms with E-state index in [0.29, 0.717) is 11.5 Å². The predicted octanol–water partition coefficient (Wildman–Crippen LogP) is 4.50. The van der Waals surface area contributed by atoms with Crippen molar-refractivity contribution in [1.29, 1.82) is 0 Å². The van der Waals surface area contributed by atoms with Crippen LogP contribution >= 0.6 is 12.6 Å². The van der Waals surface area contributed by atoms with Crippen LogP contribution < -0.4 is 0 Å². The van der Waals surface area contributed by atoms with E-state index in [1.165, 1.54) is 9.74 Å². The molecule has 0 bridgehead atoms. The fourth-order valence-corrected chi connectivity index (χ4v) is 6.77.